The van der Waals surface area contributed by atoms with E-state index in [1.54, 1.807) is 42.5 Å². The Labute approximate surface area is 123 Å². The molecule has 0 radical (unpaired) electrons. The standard InChI is InChI=1S/C14H8BrClN2O/c15-11-7-9(5-6-12(11)16)14(19)18-13-4-2-1-3-10(13)8-17/h1-7H,(H,18,19). The van der Waals surface area contributed by atoms with Crippen LogP contribution < -0.4 is 5.32 Å². The minimum atomic E-state index is -0.292. The van der Waals surface area contributed by atoms with Crippen LogP contribution in [-0.4, -0.2) is 5.91 Å². The highest BCUT2D eigenvalue weighted by atomic mass is 79.9. The topological polar surface area (TPSA) is 52.9 Å². The number of amides is 1. The summed E-state index contributed by atoms with van der Waals surface area (Å²) in [6, 6.07) is 13.7. The number of hydrogen-bond acceptors (Lipinski definition) is 2. The van der Waals surface area contributed by atoms with E-state index < -0.39 is 0 Å². The maximum Gasteiger partial charge on any atom is 0.255 e. The molecule has 2 aromatic carbocycles. The second kappa shape index (κ2) is 5.87. The highest BCUT2D eigenvalue weighted by Crippen LogP contribution is 2.24. The summed E-state index contributed by atoms with van der Waals surface area (Å²) in [5, 5.41) is 12.2. The van der Waals surface area contributed by atoms with Crippen molar-refractivity contribution in [1.82, 2.24) is 0 Å². The van der Waals surface area contributed by atoms with Crippen LogP contribution in [0.5, 0.6) is 0 Å². The number of nitrogens with one attached hydrogen (secondary N) is 1. The zero-order valence-electron chi connectivity index (χ0n) is 9.65. The first-order chi connectivity index (χ1) is 9.11. The van der Waals surface area contributed by atoms with Crippen molar-refractivity contribution in [3.63, 3.8) is 0 Å². The lowest BCUT2D eigenvalue weighted by molar-refractivity contribution is 0.102. The van der Waals surface area contributed by atoms with Gasteiger partial charge in [-0.05, 0) is 46.3 Å². The van der Waals surface area contributed by atoms with Gasteiger partial charge < -0.3 is 5.32 Å². The molecule has 1 N–H and O–H groups in total. The van der Waals surface area contributed by atoms with Gasteiger partial charge in [0.15, 0.2) is 0 Å². The number of nitriles is 1. The molecule has 0 saturated heterocycles. The van der Waals surface area contributed by atoms with Gasteiger partial charge in [-0.15, -0.1) is 0 Å². The molecule has 0 aromatic heterocycles. The summed E-state index contributed by atoms with van der Waals surface area (Å²) in [6.45, 7) is 0. The van der Waals surface area contributed by atoms with Gasteiger partial charge in [0.1, 0.15) is 6.07 Å². The van der Waals surface area contributed by atoms with Gasteiger partial charge in [0, 0.05) is 10.0 Å². The van der Waals surface area contributed by atoms with Crippen LogP contribution in [0, 0.1) is 11.3 Å². The number of carbonyl (C=O) groups excluding carboxylic acids is 1. The van der Waals surface area contributed by atoms with Crippen LogP contribution in [0.25, 0.3) is 0 Å². The minimum Gasteiger partial charge on any atom is -0.321 e. The van der Waals surface area contributed by atoms with Gasteiger partial charge in [0.05, 0.1) is 16.3 Å². The van der Waals surface area contributed by atoms with Crippen LogP contribution in [0.4, 0.5) is 5.69 Å². The quantitative estimate of drug-likeness (QED) is 0.893. The van der Waals surface area contributed by atoms with Crippen molar-refractivity contribution < 1.29 is 4.79 Å². The lowest BCUT2D eigenvalue weighted by Gasteiger charge is -2.07. The Bertz CT molecular complexity index is 679. The number of anilines is 1. The largest absolute Gasteiger partial charge is 0.321 e. The number of para-hydroxylation sites is 1. The lowest BCUT2D eigenvalue weighted by Crippen LogP contribution is -2.12. The molecule has 0 aliphatic rings. The Hall–Kier alpha value is -1.83. The second-order valence-electron chi connectivity index (χ2n) is 3.74. The Kier molecular flexibility index (Phi) is 4.20. The maximum atomic E-state index is 12.1. The average Bonchev–Trinajstić information content (AvgIpc) is 2.42. The highest BCUT2D eigenvalue weighted by Gasteiger charge is 2.10. The first-order valence-corrected chi connectivity index (χ1v) is 6.54. The number of hydrogen-bond donors (Lipinski definition) is 1. The van der Waals surface area contributed by atoms with Crippen LogP contribution in [-0.2, 0) is 0 Å². The van der Waals surface area contributed by atoms with Gasteiger partial charge in [-0.2, -0.15) is 5.26 Å². The molecule has 0 aliphatic heterocycles. The third-order valence-corrected chi connectivity index (χ3v) is 3.69. The molecule has 0 aliphatic carbocycles. The zero-order chi connectivity index (χ0) is 13.8. The Morgan fingerprint density at radius 3 is 2.68 bits per heavy atom. The fraction of sp³-hybridized carbons (Fsp3) is 0. The molecule has 0 unspecified atom stereocenters. The molecule has 3 nitrogen and oxygen atoms in total. The van der Waals surface area contributed by atoms with E-state index in [-0.39, 0.29) is 5.91 Å². The van der Waals surface area contributed by atoms with Gasteiger partial charge in [-0.25, -0.2) is 0 Å². The number of rotatable bonds is 2. The van der Waals surface area contributed by atoms with Gasteiger partial charge in [0.2, 0.25) is 0 Å². The van der Waals surface area contributed by atoms with Crippen LogP contribution in [0.2, 0.25) is 5.02 Å². The van der Waals surface area contributed by atoms with Crippen molar-refractivity contribution in [2.75, 3.05) is 5.32 Å². The van der Waals surface area contributed by atoms with Gasteiger partial charge in [-0.3, -0.25) is 4.79 Å². The SMILES string of the molecule is N#Cc1ccccc1NC(=O)c1ccc(Cl)c(Br)c1. The average molecular weight is 336 g/mol. The molecule has 2 aromatic rings. The van der Waals surface area contributed by atoms with Gasteiger partial charge in [-0.1, -0.05) is 23.7 Å². The van der Waals surface area contributed by atoms with Crippen molar-refractivity contribution in [2.24, 2.45) is 0 Å². The molecule has 0 spiro atoms. The van der Waals surface area contributed by atoms with Crippen molar-refractivity contribution in [3.05, 3.63) is 63.1 Å². The Morgan fingerprint density at radius 1 is 1.26 bits per heavy atom. The first-order valence-electron chi connectivity index (χ1n) is 5.37. The maximum absolute atomic E-state index is 12.1. The second-order valence-corrected chi connectivity index (χ2v) is 5.00. The monoisotopic (exact) mass is 334 g/mol. The van der Waals surface area contributed by atoms with Gasteiger partial charge >= 0.3 is 0 Å². The van der Waals surface area contributed by atoms with E-state index in [2.05, 4.69) is 21.2 Å². The van der Waals surface area contributed by atoms with Crippen molar-refractivity contribution >= 4 is 39.1 Å². The predicted molar refractivity (Wildman–Crippen MR) is 78.3 cm³/mol. The Balaban J connectivity index is 2.26. The molecular formula is C14H8BrClN2O. The van der Waals surface area contributed by atoms with Crippen molar-refractivity contribution in [2.45, 2.75) is 0 Å². The minimum absolute atomic E-state index is 0.292. The van der Waals surface area contributed by atoms with E-state index in [9.17, 15) is 4.79 Å². The number of halogens is 2. The van der Waals surface area contributed by atoms with Crippen LogP contribution >= 0.6 is 27.5 Å². The van der Waals surface area contributed by atoms with E-state index in [1.807, 2.05) is 6.07 Å². The summed E-state index contributed by atoms with van der Waals surface area (Å²) in [4.78, 5) is 12.1. The van der Waals surface area contributed by atoms with Crippen molar-refractivity contribution in [1.29, 1.82) is 5.26 Å². The molecule has 0 atom stereocenters. The smallest absolute Gasteiger partial charge is 0.255 e. The van der Waals surface area contributed by atoms with E-state index >= 15 is 0 Å². The third-order valence-electron chi connectivity index (χ3n) is 2.48. The number of nitrogens with zero attached hydrogens (tertiary/aromatic N) is 1. The number of carbonyl (C=O) groups is 1. The van der Waals surface area contributed by atoms with E-state index in [0.29, 0.717) is 26.3 Å². The summed E-state index contributed by atoms with van der Waals surface area (Å²) in [6.07, 6.45) is 0. The molecule has 0 heterocycles. The van der Waals surface area contributed by atoms with Crippen LogP contribution in [0.3, 0.4) is 0 Å². The molecule has 1 amide bonds. The summed E-state index contributed by atoms with van der Waals surface area (Å²) in [5.41, 5.74) is 1.37. The summed E-state index contributed by atoms with van der Waals surface area (Å²) in [5.74, 6) is -0.292. The fourth-order valence-corrected chi connectivity index (χ4v) is 2.02. The number of benzene rings is 2. The normalized spacial score (nSPS) is 9.74. The molecule has 2 rings (SSSR count). The molecular weight excluding hydrogens is 328 g/mol. The van der Waals surface area contributed by atoms with E-state index in [0.717, 1.165) is 0 Å². The van der Waals surface area contributed by atoms with Crippen LogP contribution in [0.1, 0.15) is 15.9 Å². The molecule has 0 saturated carbocycles. The lowest BCUT2D eigenvalue weighted by atomic mass is 10.1. The van der Waals surface area contributed by atoms with Crippen molar-refractivity contribution in [3.8, 4) is 6.07 Å². The van der Waals surface area contributed by atoms with E-state index in [4.69, 9.17) is 16.9 Å². The van der Waals surface area contributed by atoms with Crippen LogP contribution in [0.15, 0.2) is 46.9 Å². The first kappa shape index (κ1) is 13.6. The van der Waals surface area contributed by atoms with E-state index in [1.165, 1.54) is 0 Å². The Morgan fingerprint density at radius 2 is 2.00 bits per heavy atom. The third kappa shape index (κ3) is 3.14. The summed E-state index contributed by atoms with van der Waals surface area (Å²) >= 11 is 9.14. The van der Waals surface area contributed by atoms with Gasteiger partial charge in [0.25, 0.3) is 5.91 Å². The summed E-state index contributed by atoms with van der Waals surface area (Å²) < 4.78 is 0.649. The molecule has 94 valence electrons. The molecule has 0 fully saturated rings. The summed E-state index contributed by atoms with van der Waals surface area (Å²) in [7, 11) is 0. The molecule has 5 heteroatoms. The fourth-order valence-electron chi connectivity index (χ4n) is 1.52. The highest BCUT2D eigenvalue weighted by molar-refractivity contribution is 9.10. The molecule has 0 bridgehead atoms. The molecule has 19 heavy (non-hydrogen) atoms. The zero-order valence-corrected chi connectivity index (χ0v) is 12.0. The predicted octanol–water partition coefficient (Wildman–Crippen LogP) is 4.23.